The van der Waals surface area contributed by atoms with Crippen LogP contribution in [0.1, 0.15) is 0 Å². The van der Waals surface area contributed by atoms with Crippen LogP contribution in [0.3, 0.4) is 0 Å². The maximum absolute atomic E-state index is 9.76. The van der Waals surface area contributed by atoms with E-state index in [1.165, 1.54) is 0 Å². The number of para-hydroxylation sites is 1. The maximum Gasteiger partial charge on any atom is 0.107 e. The van der Waals surface area contributed by atoms with Gasteiger partial charge in [0.1, 0.15) is 5.69 Å². The van der Waals surface area contributed by atoms with Crippen LogP contribution in [0, 0.1) is 4.91 Å². The van der Waals surface area contributed by atoms with Crippen molar-refractivity contribution in [2.45, 2.75) is 0 Å². The van der Waals surface area contributed by atoms with Gasteiger partial charge in [0.15, 0.2) is 0 Å². The first-order valence-corrected chi connectivity index (χ1v) is 8.98. The summed E-state index contributed by atoms with van der Waals surface area (Å²) < 4.78 is 0. The summed E-state index contributed by atoms with van der Waals surface area (Å²) in [6, 6.07) is 37.6. The van der Waals surface area contributed by atoms with Crippen LogP contribution in [-0.2, 0) is 0 Å². The van der Waals surface area contributed by atoms with Crippen molar-refractivity contribution in [3.8, 4) is 0 Å². The van der Waals surface area contributed by atoms with E-state index >= 15 is 0 Å². The number of hydrogen-bond acceptors (Lipinski definition) is 5. The summed E-state index contributed by atoms with van der Waals surface area (Å²) in [5.41, 5.74) is 8.40. The van der Waals surface area contributed by atoms with Crippen LogP contribution in [0.4, 0.5) is 22.7 Å². The van der Waals surface area contributed by atoms with Gasteiger partial charge in [0.05, 0.1) is 11.4 Å². The number of benzene rings is 4. The maximum atomic E-state index is 9.76. The van der Waals surface area contributed by atoms with E-state index in [4.69, 9.17) is 5.73 Å². The molecule has 0 spiro atoms. The Balaban J connectivity index is 0.000000170. The van der Waals surface area contributed by atoms with E-state index in [9.17, 15) is 4.91 Å². The Morgan fingerprint density at radius 2 is 0.759 bits per heavy atom. The van der Waals surface area contributed by atoms with E-state index in [0.717, 1.165) is 17.1 Å². The SMILES string of the molecule is Nc1ccccc1.O=Nc1ccccc1.c1ccc(N=Nc2ccccc2)cc1. The Bertz CT molecular complexity index is 919. The van der Waals surface area contributed by atoms with Gasteiger partial charge in [0, 0.05) is 5.69 Å². The molecule has 0 saturated carbocycles. The topological polar surface area (TPSA) is 80.2 Å². The van der Waals surface area contributed by atoms with Gasteiger partial charge in [-0.05, 0) is 53.7 Å². The smallest absolute Gasteiger partial charge is 0.107 e. The van der Waals surface area contributed by atoms with E-state index in [-0.39, 0.29) is 0 Å². The van der Waals surface area contributed by atoms with E-state index < -0.39 is 0 Å². The van der Waals surface area contributed by atoms with Gasteiger partial charge in [-0.1, -0.05) is 72.8 Å². The Kier molecular flexibility index (Phi) is 9.58. The molecule has 0 fully saturated rings. The fourth-order valence-corrected chi connectivity index (χ4v) is 2.05. The molecule has 0 aliphatic rings. The van der Waals surface area contributed by atoms with Crippen LogP contribution in [0.5, 0.6) is 0 Å². The lowest BCUT2D eigenvalue weighted by Crippen LogP contribution is -1.79. The van der Waals surface area contributed by atoms with Crippen molar-refractivity contribution in [2.24, 2.45) is 15.4 Å². The number of nitroso groups, excluding NO2 is 1. The largest absolute Gasteiger partial charge is 0.399 e. The van der Waals surface area contributed by atoms with Gasteiger partial charge in [-0.15, -0.1) is 4.91 Å². The highest BCUT2D eigenvalue weighted by molar-refractivity contribution is 5.39. The molecule has 29 heavy (non-hydrogen) atoms. The van der Waals surface area contributed by atoms with E-state index in [2.05, 4.69) is 15.4 Å². The number of nitrogens with two attached hydrogens (primary N) is 1. The van der Waals surface area contributed by atoms with Crippen molar-refractivity contribution in [1.29, 1.82) is 0 Å². The van der Waals surface area contributed by atoms with Crippen molar-refractivity contribution in [3.63, 3.8) is 0 Å². The highest BCUT2D eigenvalue weighted by Crippen LogP contribution is 2.16. The molecule has 5 heteroatoms. The van der Waals surface area contributed by atoms with Crippen LogP contribution < -0.4 is 5.73 Å². The lowest BCUT2D eigenvalue weighted by atomic mass is 10.3. The van der Waals surface area contributed by atoms with Gasteiger partial charge in [-0.25, -0.2) is 0 Å². The van der Waals surface area contributed by atoms with E-state index in [1.807, 2.05) is 97.1 Å². The van der Waals surface area contributed by atoms with Gasteiger partial charge in [-0.3, -0.25) is 0 Å². The molecule has 0 unspecified atom stereocenters. The minimum absolute atomic E-state index is 0.479. The van der Waals surface area contributed by atoms with Crippen molar-refractivity contribution < 1.29 is 0 Å². The zero-order valence-corrected chi connectivity index (χ0v) is 15.9. The number of anilines is 1. The Labute approximate surface area is 170 Å². The molecule has 0 heterocycles. The summed E-state index contributed by atoms with van der Waals surface area (Å²) in [5, 5.41) is 10.9. The molecule has 0 aliphatic carbocycles. The third-order valence-electron chi connectivity index (χ3n) is 3.45. The monoisotopic (exact) mass is 382 g/mol. The zero-order chi connectivity index (χ0) is 20.6. The lowest BCUT2D eigenvalue weighted by molar-refractivity contribution is 1.23. The Morgan fingerprint density at radius 3 is 1.00 bits per heavy atom. The van der Waals surface area contributed by atoms with Crippen molar-refractivity contribution in [1.82, 2.24) is 0 Å². The summed E-state index contributed by atoms with van der Waals surface area (Å²) in [4.78, 5) is 9.76. The molecule has 0 aliphatic heterocycles. The first-order chi connectivity index (χ1) is 14.3. The molecule has 4 aromatic carbocycles. The molecule has 4 aromatic rings. The number of azo groups is 1. The number of nitrogen functional groups attached to an aromatic ring is 1. The van der Waals surface area contributed by atoms with Crippen LogP contribution in [0.2, 0.25) is 0 Å². The van der Waals surface area contributed by atoms with Gasteiger partial charge in [0.2, 0.25) is 0 Å². The molecular formula is C24H22N4O. The van der Waals surface area contributed by atoms with E-state index in [1.54, 1.807) is 24.3 Å². The Morgan fingerprint density at radius 1 is 0.448 bits per heavy atom. The predicted molar refractivity (Wildman–Crippen MR) is 120 cm³/mol. The minimum atomic E-state index is 0.479. The molecule has 5 nitrogen and oxygen atoms in total. The third-order valence-corrected chi connectivity index (χ3v) is 3.45. The first-order valence-electron chi connectivity index (χ1n) is 8.98. The summed E-state index contributed by atoms with van der Waals surface area (Å²) in [6.45, 7) is 0. The van der Waals surface area contributed by atoms with Crippen molar-refractivity contribution in [3.05, 3.63) is 126 Å². The number of hydrogen-bond donors (Lipinski definition) is 1. The van der Waals surface area contributed by atoms with Crippen LogP contribution >= 0.6 is 0 Å². The fraction of sp³-hybridized carbons (Fsp3) is 0. The quantitative estimate of drug-likeness (QED) is 0.227. The van der Waals surface area contributed by atoms with Crippen LogP contribution in [-0.4, -0.2) is 0 Å². The molecule has 4 rings (SSSR count). The standard InChI is InChI=1S/C12H10N2.C6H5NO.C6H7N/c1-3-7-11(8-4-1)13-14-12-9-5-2-6-10-12;8-7-6-4-2-1-3-5-6;7-6-4-2-1-3-5-6/h1-10H;1-5H;1-5H,7H2. The molecule has 0 radical (unpaired) electrons. The molecule has 0 amide bonds. The second kappa shape index (κ2) is 13.1. The van der Waals surface area contributed by atoms with Crippen LogP contribution in [0.25, 0.3) is 0 Å². The molecule has 144 valence electrons. The molecule has 0 atom stereocenters. The third kappa shape index (κ3) is 9.40. The molecular weight excluding hydrogens is 360 g/mol. The molecule has 0 saturated heterocycles. The number of rotatable bonds is 3. The first kappa shape index (κ1) is 21.2. The predicted octanol–water partition coefficient (Wildman–Crippen LogP) is 7.46. The summed E-state index contributed by atoms with van der Waals surface area (Å²) >= 11 is 0. The summed E-state index contributed by atoms with van der Waals surface area (Å²) in [7, 11) is 0. The Hall–Kier alpha value is -4.12. The van der Waals surface area contributed by atoms with Gasteiger partial charge >= 0.3 is 0 Å². The molecule has 0 bridgehead atoms. The second-order valence-electron chi connectivity index (χ2n) is 5.71. The average Bonchev–Trinajstić information content (AvgIpc) is 2.81. The molecule has 2 N–H and O–H groups in total. The highest BCUT2D eigenvalue weighted by atomic mass is 16.3. The number of nitrogens with zero attached hydrogens (tertiary/aromatic N) is 3. The second-order valence-corrected chi connectivity index (χ2v) is 5.71. The van der Waals surface area contributed by atoms with Crippen molar-refractivity contribution in [2.75, 3.05) is 5.73 Å². The average molecular weight is 382 g/mol. The zero-order valence-electron chi connectivity index (χ0n) is 15.9. The fourth-order valence-electron chi connectivity index (χ4n) is 2.05. The van der Waals surface area contributed by atoms with Gasteiger partial charge < -0.3 is 5.73 Å². The minimum Gasteiger partial charge on any atom is -0.399 e. The normalized spacial score (nSPS) is 9.52. The van der Waals surface area contributed by atoms with E-state index in [0.29, 0.717) is 5.69 Å². The lowest BCUT2D eigenvalue weighted by Gasteiger charge is -1.91. The molecule has 0 aromatic heterocycles. The van der Waals surface area contributed by atoms with Crippen molar-refractivity contribution >= 4 is 22.7 Å². The summed E-state index contributed by atoms with van der Waals surface area (Å²) in [6.07, 6.45) is 0. The summed E-state index contributed by atoms with van der Waals surface area (Å²) in [5.74, 6) is 0. The van der Waals surface area contributed by atoms with Gasteiger partial charge in [0.25, 0.3) is 0 Å². The van der Waals surface area contributed by atoms with Gasteiger partial charge in [-0.2, -0.15) is 10.2 Å². The highest BCUT2D eigenvalue weighted by Gasteiger charge is 1.86. The van der Waals surface area contributed by atoms with Crippen LogP contribution in [0.15, 0.2) is 137 Å².